The number of fused-ring (bicyclic) bond motifs is 1. The van der Waals surface area contributed by atoms with E-state index in [0.29, 0.717) is 22.8 Å². The molecule has 1 aromatic heterocycles. The average Bonchev–Trinajstić information content (AvgIpc) is 3.00. The second kappa shape index (κ2) is 5.46. The predicted octanol–water partition coefficient (Wildman–Crippen LogP) is 3.40. The quantitative estimate of drug-likeness (QED) is 0.854. The van der Waals surface area contributed by atoms with Crippen molar-refractivity contribution in [3.05, 3.63) is 50.2 Å². The predicted molar refractivity (Wildman–Crippen MR) is 83.4 cm³/mol. The van der Waals surface area contributed by atoms with E-state index in [1.165, 1.54) is 34.6 Å². The van der Waals surface area contributed by atoms with Crippen molar-refractivity contribution in [1.29, 1.82) is 0 Å². The number of anilines is 1. The van der Waals surface area contributed by atoms with Gasteiger partial charge in [-0.25, -0.2) is 0 Å². The molecule has 20 heavy (non-hydrogen) atoms. The normalized spacial score (nSPS) is 13.2. The molecule has 0 saturated carbocycles. The van der Waals surface area contributed by atoms with E-state index in [-0.39, 0.29) is 5.91 Å². The molecule has 1 aromatic carbocycles. The summed E-state index contributed by atoms with van der Waals surface area (Å²) in [5.41, 5.74) is 8.12. The smallest absolute Gasteiger partial charge is 0.251 e. The summed E-state index contributed by atoms with van der Waals surface area (Å²) in [6.07, 6.45) is 3.62. The van der Waals surface area contributed by atoms with Crippen molar-refractivity contribution in [2.24, 2.45) is 0 Å². The van der Waals surface area contributed by atoms with Gasteiger partial charge in [0.05, 0.1) is 17.3 Å². The number of aryl methyl sites for hydroxylation is 2. The second-order valence-corrected chi connectivity index (χ2v) is 6.56. The van der Waals surface area contributed by atoms with Gasteiger partial charge in [-0.05, 0) is 49.1 Å². The van der Waals surface area contributed by atoms with E-state index in [4.69, 9.17) is 17.3 Å². The Kier molecular flexibility index (Phi) is 3.68. The number of rotatable bonds is 3. The number of benzene rings is 1. The first-order valence-corrected chi connectivity index (χ1v) is 7.76. The van der Waals surface area contributed by atoms with Gasteiger partial charge in [-0.1, -0.05) is 11.6 Å². The molecule has 3 nitrogen and oxygen atoms in total. The Hall–Kier alpha value is -1.52. The molecule has 0 unspecified atom stereocenters. The standard InChI is InChI=1S/C15H15ClN2OS/c16-12-5-4-10(7-13(12)17)15(19)18-8-11-6-9-2-1-3-14(9)20-11/h4-7H,1-3,8,17H2,(H,18,19). The molecule has 5 heteroatoms. The number of nitrogens with one attached hydrogen (secondary N) is 1. The number of hydrogen-bond donors (Lipinski definition) is 2. The van der Waals surface area contributed by atoms with Crippen molar-refractivity contribution in [1.82, 2.24) is 5.32 Å². The van der Waals surface area contributed by atoms with E-state index in [1.54, 1.807) is 29.5 Å². The van der Waals surface area contributed by atoms with Crippen LogP contribution in [0, 0.1) is 0 Å². The molecule has 104 valence electrons. The van der Waals surface area contributed by atoms with Crippen LogP contribution < -0.4 is 11.1 Å². The van der Waals surface area contributed by atoms with E-state index in [2.05, 4.69) is 11.4 Å². The summed E-state index contributed by atoms with van der Waals surface area (Å²) in [5.74, 6) is -0.123. The van der Waals surface area contributed by atoms with Crippen molar-refractivity contribution in [3.63, 3.8) is 0 Å². The number of hydrogen-bond acceptors (Lipinski definition) is 3. The van der Waals surface area contributed by atoms with Gasteiger partial charge in [0.25, 0.3) is 5.91 Å². The maximum absolute atomic E-state index is 12.1. The van der Waals surface area contributed by atoms with Gasteiger partial charge < -0.3 is 11.1 Å². The van der Waals surface area contributed by atoms with Crippen LogP contribution in [0.4, 0.5) is 5.69 Å². The largest absolute Gasteiger partial charge is 0.398 e. The van der Waals surface area contributed by atoms with Gasteiger partial charge in [-0.2, -0.15) is 0 Å². The third-order valence-corrected chi connectivity index (χ3v) is 5.06. The third kappa shape index (κ3) is 2.67. The van der Waals surface area contributed by atoms with Crippen molar-refractivity contribution < 1.29 is 4.79 Å². The zero-order valence-corrected chi connectivity index (χ0v) is 12.5. The van der Waals surface area contributed by atoms with Crippen LogP contribution in [0.1, 0.15) is 32.1 Å². The number of nitrogens with two attached hydrogens (primary N) is 1. The number of nitrogen functional groups attached to an aromatic ring is 1. The van der Waals surface area contributed by atoms with Crippen LogP contribution in [0.5, 0.6) is 0 Å². The van der Waals surface area contributed by atoms with Crippen LogP contribution in [0.2, 0.25) is 5.02 Å². The molecular formula is C15H15ClN2OS. The molecule has 1 amide bonds. The molecule has 0 atom stereocenters. The minimum absolute atomic E-state index is 0.123. The lowest BCUT2D eigenvalue weighted by Gasteiger charge is -2.05. The topological polar surface area (TPSA) is 55.1 Å². The van der Waals surface area contributed by atoms with Gasteiger partial charge in [-0.15, -0.1) is 11.3 Å². The van der Waals surface area contributed by atoms with Crippen LogP contribution in [0.15, 0.2) is 24.3 Å². The summed E-state index contributed by atoms with van der Waals surface area (Å²) in [6.45, 7) is 0.568. The third-order valence-electron chi connectivity index (χ3n) is 3.48. The Morgan fingerprint density at radius 3 is 2.95 bits per heavy atom. The average molecular weight is 307 g/mol. The summed E-state index contributed by atoms with van der Waals surface area (Å²) in [5, 5.41) is 3.39. The van der Waals surface area contributed by atoms with Gasteiger partial charge in [-0.3, -0.25) is 4.79 Å². The molecule has 1 heterocycles. The highest BCUT2D eigenvalue weighted by Gasteiger charge is 2.15. The number of thiophene rings is 1. The highest BCUT2D eigenvalue weighted by Crippen LogP contribution is 2.30. The van der Waals surface area contributed by atoms with Crippen molar-refractivity contribution in [2.75, 3.05) is 5.73 Å². The van der Waals surface area contributed by atoms with Gasteiger partial charge in [0.2, 0.25) is 0 Å². The molecule has 0 spiro atoms. The van der Waals surface area contributed by atoms with E-state index in [0.717, 1.165) is 0 Å². The minimum Gasteiger partial charge on any atom is -0.398 e. The first-order valence-electron chi connectivity index (χ1n) is 6.57. The van der Waals surface area contributed by atoms with E-state index >= 15 is 0 Å². The molecule has 0 radical (unpaired) electrons. The molecule has 0 saturated heterocycles. The fourth-order valence-corrected chi connectivity index (χ4v) is 3.75. The molecule has 0 fully saturated rings. The maximum atomic E-state index is 12.1. The highest BCUT2D eigenvalue weighted by atomic mass is 35.5. The number of carbonyl (C=O) groups is 1. The van der Waals surface area contributed by atoms with Crippen molar-refractivity contribution >= 4 is 34.5 Å². The molecule has 0 aliphatic heterocycles. The Labute approximate surface area is 126 Å². The zero-order valence-electron chi connectivity index (χ0n) is 10.9. The van der Waals surface area contributed by atoms with E-state index < -0.39 is 0 Å². The lowest BCUT2D eigenvalue weighted by molar-refractivity contribution is 0.0951. The number of amides is 1. The lowest BCUT2D eigenvalue weighted by atomic mass is 10.2. The van der Waals surface area contributed by atoms with Crippen LogP contribution >= 0.6 is 22.9 Å². The Bertz CT molecular complexity index is 644. The maximum Gasteiger partial charge on any atom is 0.251 e. The summed E-state index contributed by atoms with van der Waals surface area (Å²) in [7, 11) is 0. The summed E-state index contributed by atoms with van der Waals surface area (Å²) < 4.78 is 0. The van der Waals surface area contributed by atoms with E-state index in [1.807, 2.05) is 0 Å². The highest BCUT2D eigenvalue weighted by molar-refractivity contribution is 7.12. The van der Waals surface area contributed by atoms with Crippen LogP contribution in [0.3, 0.4) is 0 Å². The fraction of sp³-hybridized carbons (Fsp3) is 0.267. The number of carbonyl (C=O) groups excluding carboxylic acids is 1. The van der Waals surface area contributed by atoms with Gasteiger partial charge in [0.15, 0.2) is 0 Å². The van der Waals surface area contributed by atoms with Gasteiger partial charge >= 0.3 is 0 Å². The summed E-state index contributed by atoms with van der Waals surface area (Å²) in [4.78, 5) is 14.7. The molecule has 3 N–H and O–H groups in total. The Balaban J connectivity index is 1.65. The molecular weight excluding hydrogens is 292 g/mol. The van der Waals surface area contributed by atoms with Crippen LogP contribution in [0.25, 0.3) is 0 Å². The van der Waals surface area contributed by atoms with Crippen LogP contribution in [-0.4, -0.2) is 5.91 Å². The molecule has 2 aromatic rings. The van der Waals surface area contributed by atoms with Gasteiger partial charge in [0, 0.05) is 15.3 Å². The Morgan fingerprint density at radius 2 is 2.20 bits per heavy atom. The fourth-order valence-electron chi connectivity index (χ4n) is 2.43. The SMILES string of the molecule is Nc1cc(C(=O)NCc2cc3c(s2)CCC3)ccc1Cl. The van der Waals surface area contributed by atoms with E-state index in [9.17, 15) is 4.79 Å². The monoisotopic (exact) mass is 306 g/mol. The lowest BCUT2D eigenvalue weighted by Crippen LogP contribution is -2.22. The summed E-state index contributed by atoms with van der Waals surface area (Å²) >= 11 is 7.65. The summed E-state index contributed by atoms with van der Waals surface area (Å²) in [6, 6.07) is 7.14. The number of halogens is 1. The zero-order chi connectivity index (χ0) is 14.1. The second-order valence-electron chi connectivity index (χ2n) is 4.93. The molecule has 1 aliphatic rings. The first kappa shape index (κ1) is 13.5. The molecule has 0 bridgehead atoms. The Morgan fingerprint density at radius 1 is 1.35 bits per heavy atom. The van der Waals surface area contributed by atoms with Gasteiger partial charge in [0.1, 0.15) is 0 Å². The van der Waals surface area contributed by atoms with Crippen molar-refractivity contribution in [2.45, 2.75) is 25.8 Å². The molecule has 1 aliphatic carbocycles. The molecule has 3 rings (SSSR count). The minimum atomic E-state index is -0.123. The van der Waals surface area contributed by atoms with Crippen LogP contribution in [-0.2, 0) is 19.4 Å². The van der Waals surface area contributed by atoms with Crippen molar-refractivity contribution in [3.8, 4) is 0 Å². The first-order chi connectivity index (χ1) is 9.63.